The Hall–Kier alpha value is -5.89. The molecule has 0 aliphatic rings. The Morgan fingerprint density at radius 1 is 0.762 bits per heavy atom. The molecule has 0 saturated carbocycles. The van der Waals surface area contributed by atoms with Crippen LogP contribution in [0.1, 0.15) is 27.0 Å². The molecule has 5 aromatic carbocycles. The molecule has 8 heteroatoms. The summed E-state index contributed by atoms with van der Waals surface area (Å²) in [6, 6.07) is 32.8. The first kappa shape index (κ1) is 27.7. The minimum atomic E-state index is -0.496. The molecule has 0 aliphatic carbocycles. The molecule has 0 bridgehead atoms. The van der Waals surface area contributed by atoms with Crippen molar-refractivity contribution in [1.29, 1.82) is 0 Å². The molecule has 0 spiro atoms. The van der Waals surface area contributed by atoms with Crippen LogP contribution in [0.3, 0.4) is 0 Å². The van der Waals surface area contributed by atoms with Gasteiger partial charge in [-0.1, -0.05) is 72.8 Å². The van der Waals surface area contributed by atoms with Gasteiger partial charge in [0, 0.05) is 35.0 Å². The summed E-state index contributed by atoms with van der Waals surface area (Å²) in [6.45, 7) is 0. The van der Waals surface area contributed by atoms with Gasteiger partial charge in [0.25, 0.3) is 5.69 Å². The molecule has 8 nitrogen and oxygen atoms in total. The molecular weight excluding hydrogens is 530 g/mol. The van der Waals surface area contributed by atoms with E-state index < -0.39 is 10.8 Å². The number of benzene rings is 5. The average Bonchev–Trinajstić information content (AvgIpc) is 3.01. The van der Waals surface area contributed by atoms with Crippen molar-refractivity contribution in [1.82, 2.24) is 0 Å². The van der Waals surface area contributed by atoms with Crippen molar-refractivity contribution in [2.24, 2.45) is 0 Å². The van der Waals surface area contributed by atoms with Gasteiger partial charge in [0.2, 0.25) is 11.8 Å². The third-order valence-electron chi connectivity index (χ3n) is 6.60. The van der Waals surface area contributed by atoms with Gasteiger partial charge in [0.1, 0.15) is 0 Å². The standard InChI is InChI=1S/C34H25N3O5/c38-32(20-15-23-13-17-28(18-14-23)37(41)42)35-27-16-19-31(30(22-27)34(40)25-8-2-1-3-9-25)36-33(39)21-26-11-6-10-24-7-4-5-12-29(24)26/h1-20,22H,21H2,(H,35,38)(H,36,39)/b20-15+. The average molecular weight is 556 g/mol. The van der Waals surface area contributed by atoms with Gasteiger partial charge in [-0.05, 0) is 58.3 Å². The largest absolute Gasteiger partial charge is 0.325 e. The lowest BCUT2D eigenvalue weighted by atomic mass is 10.00. The Kier molecular flexibility index (Phi) is 8.25. The zero-order valence-corrected chi connectivity index (χ0v) is 22.3. The number of carbonyl (C=O) groups excluding carboxylic acids is 3. The highest BCUT2D eigenvalue weighted by atomic mass is 16.6. The number of nitrogens with zero attached hydrogens (tertiary/aromatic N) is 1. The Morgan fingerprint density at radius 2 is 1.48 bits per heavy atom. The predicted octanol–water partition coefficient (Wildman–Crippen LogP) is 6.81. The highest BCUT2D eigenvalue weighted by molar-refractivity contribution is 6.15. The van der Waals surface area contributed by atoms with Gasteiger partial charge in [-0.2, -0.15) is 0 Å². The van der Waals surface area contributed by atoms with E-state index >= 15 is 0 Å². The van der Waals surface area contributed by atoms with Crippen molar-refractivity contribution in [2.75, 3.05) is 10.6 Å². The Balaban J connectivity index is 1.36. The summed E-state index contributed by atoms with van der Waals surface area (Å²) in [5, 5.41) is 18.5. The maximum absolute atomic E-state index is 13.5. The van der Waals surface area contributed by atoms with Crippen molar-refractivity contribution in [2.45, 2.75) is 6.42 Å². The van der Waals surface area contributed by atoms with Crippen LogP contribution in [0.15, 0.2) is 121 Å². The van der Waals surface area contributed by atoms with Crippen LogP contribution >= 0.6 is 0 Å². The number of non-ortho nitro benzene ring substituents is 1. The molecule has 0 heterocycles. The molecule has 0 aromatic heterocycles. The van der Waals surface area contributed by atoms with Gasteiger partial charge in [-0.25, -0.2) is 0 Å². The third-order valence-corrected chi connectivity index (χ3v) is 6.60. The molecule has 0 aliphatic heterocycles. The maximum Gasteiger partial charge on any atom is 0.269 e. The van der Waals surface area contributed by atoms with Crippen molar-refractivity contribution in [3.63, 3.8) is 0 Å². The van der Waals surface area contributed by atoms with E-state index in [2.05, 4.69) is 10.6 Å². The summed E-state index contributed by atoms with van der Waals surface area (Å²) in [5.74, 6) is -1.05. The number of nitro groups is 1. The van der Waals surface area contributed by atoms with Gasteiger partial charge < -0.3 is 10.6 Å². The molecule has 42 heavy (non-hydrogen) atoms. The second-order valence-corrected chi connectivity index (χ2v) is 9.49. The van der Waals surface area contributed by atoms with Gasteiger partial charge in [0.05, 0.1) is 17.0 Å². The molecule has 2 amide bonds. The molecule has 0 saturated heterocycles. The number of rotatable bonds is 9. The minimum Gasteiger partial charge on any atom is -0.325 e. The molecule has 5 aromatic rings. The number of hydrogen-bond acceptors (Lipinski definition) is 5. The van der Waals surface area contributed by atoms with Crippen LogP contribution in [0.2, 0.25) is 0 Å². The Labute approximate surface area is 241 Å². The molecule has 0 atom stereocenters. The van der Waals surface area contributed by atoms with Crippen LogP contribution < -0.4 is 10.6 Å². The number of anilines is 2. The van der Waals surface area contributed by atoms with E-state index in [1.165, 1.54) is 42.5 Å². The lowest BCUT2D eigenvalue weighted by Crippen LogP contribution is -2.18. The predicted molar refractivity (Wildman–Crippen MR) is 163 cm³/mol. The first-order valence-corrected chi connectivity index (χ1v) is 13.1. The van der Waals surface area contributed by atoms with Crippen molar-refractivity contribution in [3.05, 3.63) is 154 Å². The molecular formula is C34H25N3O5. The fraction of sp³-hybridized carbons (Fsp3) is 0.0294. The first-order chi connectivity index (χ1) is 20.4. The van der Waals surface area contributed by atoms with Crippen LogP contribution in [0.5, 0.6) is 0 Å². The Bertz CT molecular complexity index is 1820. The van der Waals surface area contributed by atoms with Crippen LogP contribution in [-0.2, 0) is 16.0 Å². The normalized spacial score (nSPS) is 10.9. The SMILES string of the molecule is O=C(/C=C/c1ccc([N+](=O)[O-])cc1)Nc1ccc(NC(=O)Cc2cccc3ccccc23)c(C(=O)c2ccccc2)c1. The van der Waals surface area contributed by atoms with Gasteiger partial charge in [-0.15, -0.1) is 0 Å². The number of fused-ring (bicyclic) bond motifs is 1. The van der Waals surface area contributed by atoms with E-state index in [4.69, 9.17) is 0 Å². The van der Waals surface area contributed by atoms with Crippen LogP contribution in [0.4, 0.5) is 17.1 Å². The van der Waals surface area contributed by atoms with E-state index in [1.54, 1.807) is 42.5 Å². The smallest absolute Gasteiger partial charge is 0.269 e. The second-order valence-electron chi connectivity index (χ2n) is 9.49. The van der Waals surface area contributed by atoms with E-state index in [0.29, 0.717) is 22.5 Å². The molecule has 0 unspecified atom stereocenters. The molecule has 5 rings (SSSR count). The zero-order valence-electron chi connectivity index (χ0n) is 22.3. The van der Waals surface area contributed by atoms with E-state index in [9.17, 15) is 24.5 Å². The number of nitro benzene ring substituents is 1. The topological polar surface area (TPSA) is 118 Å². The van der Waals surface area contributed by atoms with E-state index in [-0.39, 0.29) is 29.4 Å². The van der Waals surface area contributed by atoms with E-state index in [0.717, 1.165) is 16.3 Å². The van der Waals surface area contributed by atoms with E-state index in [1.807, 2.05) is 42.5 Å². The summed E-state index contributed by atoms with van der Waals surface area (Å²) in [6.07, 6.45) is 2.93. The zero-order chi connectivity index (χ0) is 29.5. The number of nitrogens with one attached hydrogen (secondary N) is 2. The highest BCUT2D eigenvalue weighted by Gasteiger charge is 2.17. The maximum atomic E-state index is 13.5. The molecule has 0 fully saturated rings. The summed E-state index contributed by atoms with van der Waals surface area (Å²) in [5.41, 5.74) is 2.78. The minimum absolute atomic E-state index is 0.0449. The summed E-state index contributed by atoms with van der Waals surface area (Å²) in [7, 11) is 0. The number of ketones is 1. The van der Waals surface area contributed by atoms with Crippen LogP contribution in [0, 0.1) is 10.1 Å². The van der Waals surface area contributed by atoms with Gasteiger partial charge in [-0.3, -0.25) is 24.5 Å². The Morgan fingerprint density at radius 3 is 2.24 bits per heavy atom. The lowest BCUT2D eigenvalue weighted by Gasteiger charge is -2.14. The van der Waals surface area contributed by atoms with Gasteiger partial charge >= 0.3 is 0 Å². The number of carbonyl (C=O) groups is 3. The van der Waals surface area contributed by atoms with Crippen LogP contribution in [-0.4, -0.2) is 22.5 Å². The molecule has 2 N–H and O–H groups in total. The summed E-state index contributed by atoms with van der Waals surface area (Å²) >= 11 is 0. The quantitative estimate of drug-likeness (QED) is 0.0896. The highest BCUT2D eigenvalue weighted by Crippen LogP contribution is 2.25. The second kappa shape index (κ2) is 12.5. The van der Waals surface area contributed by atoms with Crippen molar-refractivity contribution < 1.29 is 19.3 Å². The molecule has 206 valence electrons. The number of amides is 2. The van der Waals surface area contributed by atoms with Crippen molar-refractivity contribution >= 4 is 51.5 Å². The summed E-state index contributed by atoms with van der Waals surface area (Å²) < 4.78 is 0. The first-order valence-electron chi connectivity index (χ1n) is 13.1. The third kappa shape index (κ3) is 6.63. The fourth-order valence-corrected chi connectivity index (χ4v) is 4.54. The number of hydrogen-bond donors (Lipinski definition) is 2. The monoisotopic (exact) mass is 555 g/mol. The fourth-order valence-electron chi connectivity index (χ4n) is 4.54. The molecule has 0 radical (unpaired) electrons. The van der Waals surface area contributed by atoms with Crippen LogP contribution in [0.25, 0.3) is 16.8 Å². The summed E-state index contributed by atoms with van der Waals surface area (Å²) in [4.78, 5) is 49.6. The van der Waals surface area contributed by atoms with Gasteiger partial charge in [0.15, 0.2) is 5.78 Å². The lowest BCUT2D eigenvalue weighted by molar-refractivity contribution is -0.384. The van der Waals surface area contributed by atoms with Crippen molar-refractivity contribution in [3.8, 4) is 0 Å².